The van der Waals surface area contributed by atoms with Crippen LogP contribution in [0, 0.1) is 0 Å². The maximum atomic E-state index is 5.47. The summed E-state index contributed by atoms with van der Waals surface area (Å²) in [6.07, 6.45) is 0. The van der Waals surface area contributed by atoms with Crippen LogP contribution in [0.3, 0.4) is 0 Å². The highest BCUT2D eigenvalue weighted by Gasteiger charge is 2.24. The van der Waals surface area contributed by atoms with Crippen molar-refractivity contribution in [1.29, 1.82) is 0 Å². The van der Waals surface area contributed by atoms with Crippen molar-refractivity contribution >= 4 is 82.1 Å². The summed E-state index contributed by atoms with van der Waals surface area (Å²) >= 11 is 0. The summed E-state index contributed by atoms with van der Waals surface area (Å²) in [5.41, 5.74) is 13.5. The third kappa shape index (κ3) is 4.59. The maximum Gasteiger partial charge on any atom is 0.237 e. The largest absolute Gasteiger partial charge is 0.309 e. The van der Waals surface area contributed by atoms with Gasteiger partial charge < -0.3 is 4.57 Å². The number of pyridine rings is 1. The van der Waals surface area contributed by atoms with E-state index in [0.29, 0.717) is 5.95 Å². The lowest BCUT2D eigenvalue weighted by molar-refractivity contribution is 0.993. The Labute approximate surface area is 337 Å². The van der Waals surface area contributed by atoms with Crippen LogP contribution in [-0.4, -0.2) is 28.5 Å². The van der Waals surface area contributed by atoms with E-state index in [1.54, 1.807) is 0 Å². The van der Waals surface area contributed by atoms with Crippen molar-refractivity contribution in [2.24, 2.45) is 0 Å². The van der Waals surface area contributed by atoms with Crippen LogP contribution in [0.1, 0.15) is 0 Å². The predicted molar refractivity (Wildman–Crippen MR) is 243 cm³/mol. The van der Waals surface area contributed by atoms with Gasteiger partial charge in [-0.1, -0.05) is 140 Å². The van der Waals surface area contributed by atoms with Crippen molar-refractivity contribution in [3.05, 3.63) is 194 Å². The van der Waals surface area contributed by atoms with Gasteiger partial charge in [-0.05, 0) is 71.1 Å². The summed E-state index contributed by atoms with van der Waals surface area (Å²) in [6, 6.07) is 68.9. The van der Waals surface area contributed by atoms with Gasteiger partial charge in [-0.15, -0.1) is 0 Å². The molecule has 274 valence electrons. The Kier molecular flexibility index (Phi) is 6.63. The molecule has 0 N–H and O–H groups in total. The quantitative estimate of drug-likeness (QED) is 0.168. The number of para-hydroxylation sites is 4. The molecule has 0 aliphatic heterocycles. The van der Waals surface area contributed by atoms with Gasteiger partial charge in [-0.2, -0.15) is 0 Å². The summed E-state index contributed by atoms with van der Waals surface area (Å²) in [7, 11) is 0. The number of aromatic nitrogens is 6. The zero-order valence-electron chi connectivity index (χ0n) is 31.7. The second kappa shape index (κ2) is 12.2. The van der Waals surface area contributed by atoms with E-state index in [4.69, 9.17) is 15.0 Å². The molecule has 0 saturated carbocycles. The van der Waals surface area contributed by atoms with Gasteiger partial charge in [0.05, 0.1) is 33.3 Å². The van der Waals surface area contributed by atoms with E-state index >= 15 is 0 Å². The highest BCUT2D eigenvalue weighted by molar-refractivity contribution is 6.18. The Morgan fingerprint density at radius 1 is 0.339 bits per heavy atom. The molecule has 6 nitrogen and oxygen atoms in total. The van der Waals surface area contributed by atoms with Crippen LogP contribution in [0.2, 0.25) is 0 Å². The van der Waals surface area contributed by atoms with Gasteiger partial charge in [0, 0.05) is 43.6 Å². The molecule has 0 spiro atoms. The van der Waals surface area contributed by atoms with Crippen molar-refractivity contribution < 1.29 is 0 Å². The molecule has 0 unspecified atom stereocenters. The number of imidazole rings is 1. The molecule has 13 aromatic rings. The molecule has 0 radical (unpaired) electrons. The molecule has 0 aliphatic carbocycles. The van der Waals surface area contributed by atoms with Gasteiger partial charge in [-0.3, -0.25) is 8.97 Å². The lowest BCUT2D eigenvalue weighted by Gasteiger charge is -2.14. The molecule has 13 rings (SSSR count). The van der Waals surface area contributed by atoms with E-state index in [1.165, 1.54) is 27.4 Å². The van der Waals surface area contributed by atoms with Crippen LogP contribution in [-0.2, 0) is 0 Å². The topological polar surface area (TPSA) is 52.9 Å². The predicted octanol–water partition coefficient (Wildman–Crippen LogP) is 13.1. The molecule has 0 saturated heterocycles. The minimum Gasteiger partial charge on any atom is -0.309 e. The number of nitrogens with zero attached hydrogens (tertiary/aromatic N) is 6. The normalized spacial score (nSPS) is 12.1. The molecule has 59 heavy (non-hydrogen) atoms. The Balaban J connectivity index is 1.10. The van der Waals surface area contributed by atoms with Crippen LogP contribution in [0.15, 0.2) is 194 Å². The van der Waals surface area contributed by atoms with Gasteiger partial charge in [0.25, 0.3) is 0 Å². The average Bonchev–Trinajstić information content (AvgIpc) is 3.96. The second-order valence-electron chi connectivity index (χ2n) is 15.2. The number of fused-ring (bicyclic) bond motifs is 14. The molecule has 6 heteroatoms. The van der Waals surface area contributed by atoms with E-state index in [9.17, 15) is 0 Å². The smallest absolute Gasteiger partial charge is 0.237 e. The molecule has 0 amide bonds. The summed E-state index contributed by atoms with van der Waals surface area (Å²) in [4.78, 5) is 16.1. The van der Waals surface area contributed by atoms with Crippen LogP contribution in [0.25, 0.3) is 116 Å². The maximum absolute atomic E-state index is 5.47. The van der Waals surface area contributed by atoms with Crippen molar-refractivity contribution in [2.75, 3.05) is 0 Å². The van der Waals surface area contributed by atoms with E-state index < -0.39 is 0 Å². The first-order chi connectivity index (χ1) is 29.3. The van der Waals surface area contributed by atoms with E-state index in [-0.39, 0.29) is 0 Å². The van der Waals surface area contributed by atoms with E-state index in [2.05, 4.69) is 196 Å². The number of hydrogen-bond acceptors (Lipinski definition) is 3. The average molecular weight is 753 g/mol. The molecular weight excluding hydrogens is 721 g/mol. The van der Waals surface area contributed by atoms with Gasteiger partial charge in [0.1, 0.15) is 11.2 Å². The Morgan fingerprint density at radius 3 is 1.66 bits per heavy atom. The van der Waals surface area contributed by atoms with Gasteiger partial charge in [0.15, 0.2) is 5.65 Å². The Morgan fingerprint density at radius 2 is 0.898 bits per heavy atom. The Bertz CT molecular complexity index is 3840. The second-order valence-corrected chi connectivity index (χ2v) is 15.2. The fraction of sp³-hybridized carbons (Fsp3) is 0. The molecule has 5 aromatic heterocycles. The van der Waals surface area contributed by atoms with Crippen LogP contribution < -0.4 is 0 Å². The fourth-order valence-corrected chi connectivity index (χ4v) is 9.42. The molecular formula is C53H32N6. The lowest BCUT2D eigenvalue weighted by atomic mass is 9.98. The van der Waals surface area contributed by atoms with Crippen molar-refractivity contribution in [3.63, 3.8) is 0 Å². The summed E-state index contributed by atoms with van der Waals surface area (Å²) < 4.78 is 6.90. The van der Waals surface area contributed by atoms with E-state index in [0.717, 1.165) is 82.8 Å². The van der Waals surface area contributed by atoms with Crippen molar-refractivity contribution in [1.82, 2.24) is 28.5 Å². The molecule has 0 aliphatic rings. The third-order valence-electron chi connectivity index (χ3n) is 12.0. The molecule has 5 heterocycles. The summed E-state index contributed by atoms with van der Waals surface area (Å²) in [5, 5.41) is 7.94. The minimum atomic E-state index is 0.608. The fourth-order valence-electron chi connectivity index (χ4n) is 9.42. The first-order valence-electron chi connectivity index (χ1n) is 20.0. The lowest BCUT2D eigenvalue weighted by Crippen LogP contribution is -2.05. The third-order valence-corrected chi connectivity index (χ3v) is 12.0. The minimum absolute atomic E-state index is 0.608. The van der Waals surface area contributed by atoms with Gasteiger partial charge in [0.2, 0.25) is 5.95 Å². The van der Waals surface area contributed by atoms with Crippen LogP contribution in [0.5, 0.6) is 0 Å². The molecule has 8 aromatic carbocycles. The standard InChI is InChI=1S/C53H32N6/c1-3-15-33(16-4-1)49-40-22-9-12-24-44(40)54-53(56-49)59-46-26-14-11-23-41(46)50-52(59)58-48-30-28-34(31-42(48)37-19-7-8-21-39(37)51(58)55-50)35-27-29-47-43(32-35)38-20-10-13-25-45(38)57(47)36-17-5-2-6-18-36/h1-32H. The van der Waals surface area contributed by atoms with Crippen LogP contribution in [0.4, 0.5) is 0 Å². The van der Waals surface area contributed by atoms with Crippen molar-refractivity contribution in [3.8, 4) is 34.0 Å². The SMILES string of the molecule is c1ccc(-c2nc(-n3c4ccccc4c4nc5c6ccccc6c6cc(-c7ccc8c(c7)c7ccccc7n8-c7ccccc7)ccc6n5c43)nc3ccccc23)cc1. The highest BCUT2D eigenvalue weighted by atomic mass is 15.2. The van der Waals surface area contributed by atoms with Gasteiger partial charge >= 0.3 is 0 Å². The van der Waals surface area contributed by atoms with Crippen molar-refractivity contribution in [2.45, 2.75) is 0 Å². The highest BCUT2D eigenvalue weighted by Crippen LogP contribution is 2.41. The summed E-state index contributed by atoms with van der Waals surface area (Å²) in [6.45, 7) is 0. The zero-order chi connectivity index (χ0) is 38.6. The number of hydrogen-bond donors (Lipinski definition) is 0. The number of rotatable bonds is 4. The monoisotopic (exact) mass is 752 g/mol. The zero-order valence-corrected chi connectivity index (χ0v) is 31.7. The molecule has 0 bridgehead atoms. The van der Waals surface area contributed by atoms with Crippen LogP contribution >= 0.6 is 0 Å². The molecule has 0 atom stereocenters. The first-order valence-corrected chi connectivity index (χ1v) is 20.0. The first kappa shape index (κ1) is 32.0. The molecule has 0 fully saturated rings. The number of benzene rings is 8. The Hall–Kier alpha value is -8.09. The summed E-state index contributed by atoms with van der Waals surface area (Å²) in [5.74, 6) is 0.608. The van der Waals surface area contributed by atoms with Gasteiger partial charge in [-0.25, -0.2) is 15.0 Å². The van der Waals surface area contributed by atoms with E-state index in [1.807, 2.05) is 12.1 Å².